The van der Waals surface area contributed by atoms with Gasteiger partial charge < -0.3 is 0 Å². The molecule has 0 saturated heterocycles. The van der Waals surface area contributed by atoms with E-state index in [1.165, 1.54) is 0 Å². The highest BCUT2D eigenvalue weighted by molar-refractivity contribution is 8.45. The van der Waals surface area contributed by atoms with Crippen molar-refractivity contribution in [2.45, 2.75) is 30.6 Å². The van der Waals surface area contributed by atoms with Crippen molar-refractivity contribution in [3.63, 3.8) is 0 Å². The van der Waals surface area contributed by atoms with Gasteiger partial charge in [-0.3, -0.25) is 20.4 Å². The molecule has 2 aromatic rings. The van der Waals surface area contributed by atoms with Gasteiger partial charge in [0.05, 0.1) is 5.56 Å². The second kappa shape index (κ2) is 7.39. The Hall–Kier alpha value is -3.24. The number of halogens is 9. The van der Waals surface area contributed by atoms with Gasteiger partial charge >= 0.3 is 16.4 Å². The number of hydrogen-bond acceptors (Lipinski definition) is 4. The third-order valence-corrected chi connectivity index (χ3v) is 4.79. The Kier molecular flexibility index (Phi) is 5.83. The van der Waals surface area contributed by atoms with Crippen LogP contribution in [-0.4, -0.2) is 32.2 Å². The van der Waals surface area contributed by atoms with Crippen LogP contribution in [0.15, 0.2) is 35.5 Å². The number of nitrogens with zero attached hydrogens (tertiary/aromatic N) is 3. The van der Waals surface area contributed by atoms with E-state index in [4.69, 9.17) is 0 Å². The molecule has 2 rings (SSSR count). The van der Waals surface area contributed by atoms with Gasteiger partial charge in [0.15, 0.2) is 11.5 Å². The average Bonchev–Trinajstić information content (AvgIpc) is 3.09. The molecule has 0 saturated carbocycles. The standard InChI is InChI=1S/C16H14F9N5O2S/c1-15(2,17)14(32)28-27-12(31)3-4-30-8-26-13(29-30)9-5-10(16(18,19)20)7-11(6-9)33(21,22,23,24)25/h3-8H,1-2H3,(H,27,31)(H,28,32)/b4-3-. The molecule has 0 bridgehead atoms. The molecule has 0 spiro atoms. The highest BCUT2D eigenvalue weighted by Crippen LogP contribution is 3.02. The van der Waals surface area contributed by atoms with Crippen molar-refractivity contribution in [3.8, 4) is 11.4 Å². The fourth-order valence-corrected chi connectivity index (χ4v) is 2.75. The molecule has 1 aromatic carbocycles. The first kappa shape index (κ1) is 26.0. The molecule has 0 aliphatic heterocycles. The van der Waals surface area contributed by atoms with E-state index < -0.39 is 61.8 Å². The lowest BCUT2D eigenvalue weighted by atomic mass is 10.1. The van der Waals surface area contributed by atoms with E-state index in [-0.39, 0.29) is 12.1 Å². The van der Waals surface area contributed by atoms with Crippen molar-refractivity contribution in [2.75, 3.05) is 0 Å². The third kappa shape index (κ3) is 7.13. The van der Waals surface area contributed by atoms with Gasteiger partial charge in [-0.1, -0.05) is 19.4 Å². The summed E-state index contributed by atoms with van der Waals surface area (Å²) >= 11 is 0. The third-order valence-electron chi connectivity index (χ3n) is 3.66. The Balaban J connectivity index is 2.32. The maximum Gasteiger partial charge on any atom is 0.416 e. The molecule has 2 N–H and O–H groups in total. The Morgan fingerprint density at radius 2 is 1.61 bits per heavy atom. The fraction of sp³-hybridized carbons (Fsp3) is 0.250. The minimum Gasteiger partial charge on any atom is -0.270 e. The molecule has 0 atom stereocenters. The molecule has 184 valence electrons. The summed E-state index contributed by atoms with van der Waals surface area (Å²) in [5, 5.41) is 3.50. The first-order valence-electron chi connectivity index (χ1n) is 8.42. The molecule has 33 heavy (non-hydrogen) atoms. The number of nitrogens with one attached hydrogen (secondary N) is 2. The molecule has 1 heterocycles. The lowest BCUT2D eigenvalue weighted by Gasteiger charge is -2.40. The van der Waals surface area contributed by atoms with Gasteiger partial charge in [0, 0.05) is 17.8 Å². The molecule has 7 nitrogen and oxygen atoms in total. The van der Waals surface area contributed by atoms with Gasteiger partial charge in [-0.2, -0.15) is 13.2 Å². The van der Waals surface area contributed by atoms with Crippen LogP contribution < -0.4 is 10.9 Å². The molecule has 2 amide bonds. The van der Waals surface area contributed by atoms with Gasteiger partial charge in [-0.25, -0.2) is 14.1 Å². The zero-order chi connectivity index (χ0) is 25.5. The highest BCUT2D eigenvalue weighted by atomic mass is 32.5. The summed E-state index contributed by atoms with van der Waals surface area (Å²) in [6.45, 7) is 1.83. The number of hydrogen-bond donors (Lipinski definition) is 2. The van der Waals surface area contributed by atoms with Gasteiger partial charge in [0.1, 0.15) is 11.2 Å². The van der Waals surface area contributed by atoms with E-state index in [9.17, 15) is 46.6 Å². The fourth-order valence-electron chi connectivity index (χ4n) is 2.05. The van der Waals surface area contributed by atoms with Gasteiger partial charge in [0.2, 0.25) is 0 Å². The number of amides is 2. The Morgan fingerprint density at radius 1 is 1.00 bits per heavy atom. The molecule has 0 unspecified atom stereocenters. The largest absolute Gasteiger partial charge is 0.416 e. The first-order valence-corrected chi connectivity index (χ1v) is 10.4. The van der Waals surface area contributed by atoms with Crippen LogP contribution in [0, 0.1) is 0 Å². The van der Waals surface area contributed by atoms with E-state index in [0.29, 0.717) is 10.8 Å². The summed E-state index contributed by atoms with van der Waals surface area (Å²) < 4.78 is 118. The second-order valence-electron chi connectivity index (χ2n) is 6.99. The molecule has 17 heteroatoms. The number of benzene rings is 1. The summed E-state index contributed by atoms with van der Waals surface area (Å²) in [5.41, 5.74) is -1.78. The Labute approximate surface area is 179 Å². The maximum atomic E-state index is 13.3. The topological polar surface area (TPSA) is 88.9 Å². The van der Waals surface area contributed by atoms with E-state index in [2.05, 4.69) is 10.1 Å². The Morgan fingerprint density at radius 3 is 2.12 bits per heavy atom. The van der Waals surface area contributed by atoms with Crippen LogP contribution in [0.1, 0.15) is 19.4 Å². The maximum absolute atomic E-state index is 13.3. The molecule has 0 aliphatic rings. The van der Waals surface area contributed by atoms with Gasteiger partial charge in [-0.15, -0.1) is 5.10 Å². The smallest absolute Gasteiger partial charge is 0.270 e. The van der Waals surface area contributed by atoms with E-state index in [0.717, 1.165) is 26.4 Å². The van der Waals surface area contributed by atoms with Crippen LogP contribution in [0.25, 0.3) is 17.6 Å². The summed E-state index contributed by atoms with van der Waals surface area (Å²) in [4.78, 5) is 23.5. The first-order chi connectivity index (χ1) is 14.6. The van der Waals surface area contributed by atoms with Crippen molar-refractivity contribution in [1.29, 1.82) is 0 Å². The van der Waals surface area contributed by atoms with E-state index in [1.807, 2.05) is 0 Å². The van der Waals surface area contributed by atoms with Crippen LogP contribution in [0.4, 0.5) is 37.0 Å². The summed E-state index contributed by atoms with van der Waals surface area (Å²) in [5.74, 6) is -3.00. The molecule has 1 aromatic heterocycles. The van der Waals surface area contributed by atoms with Crippen LogP contribution in [0.3, 0.4) is 0 Å². The minimum atomic E-state index is -10.5. The summed E-state index contributed by atoms with van der Waals surface area (Å²) in [6, 6.07) is -0.780. The van der Waals surface area contributed by atoms with Crippen molar-refractivity contribution in [1.82, 2.24) is 25.6 Å². The van der Waals surface area contributed by atoms with Crippen LogP contribution in [0.2, 0.25) is 0 Å². The van der Waals surface area contributed by atoms with Crippen molar-refractivity contribution >= 4 is 28.2 Å². The van der Waals surface area contributed by atoms with Crippen LogP contribution in [-0.2, 0) is 15.8 Å². The number of carbonyl (C=O) groups is 2. The van der Waals surface area contributed by atoms with Crippen LogP contribution >= 0.6 is 10.2 Å². The molecular weight excluding hydrogens is 497 g/mol. The lowest BCUT2D eigenvalue weighted by Crippen LogP contribution is -2.48. The Bertz CT molecular complexity index is 1120. The summed E-state index contributed by atoms with van der Waals surface area (Å²) in [7, 11) is -10.5. The van der Waals surface area contributed by atoms with Gasteiger partial charge in [0.25, 0.3) is 11.8 Å². The number of hydrazine groups is 1. The minimum absolute atomic E-state index is 0.150. The number of alkyl halides is 4. The SMILES string of the molecule is CC(C)(F)C(=O)NNC(=O)/C=C\n1cnc(-c2cc(C(F)(F)F)cc(S(F)(F)(F)(F)F)c2)n1. The molecular formula is C16H14F9N5O2S. The summed E-state index contributed by atoms with van der Waals surface area (Å²) in [6.07, 6.45) is -3.12. The number of rotatable bonds is 5. The quantitative estimate of drug-likeness (QED) is 0.337. The van der Waals surface area contributed by atoms with Crippen molar-refractivity contribution < 1.29 is 46.6 Å². The highest BCUT2D eigenvalue weighted by Gasteiger charge is 2.66. The molecule has 0 radical (unpaired) electrons. The number of carbonyl (C=O) groups excluding carboxylic acids is 2. The van der Waals surface area contributed by atoms with Crippen molar-refractivity contribution in [2.24, 2.45) is 0 Å². The molecule has 0 fully saturated rings. The molecule has 0 aliphatic carbocycles. The van der Waals surface area contributed by atoms with E-state index >= 15 is 0 Å². The van der Waals surface area contributed by atoms with Crippen LogP contribution in [0.5, 0.6) is 0 Å². The predicted octanol–water partition coefficient (Wildman–Crippen LogP) is 4.99. The van der Waals surface area contributed by atoms with Crippen molar-refractivity contribution in [3.05, 3.63) is 36.2 Å². The van der Waals surface area contributed by atoms with E-state index in [1.54, 1.807) is 10.9 Å². The second-order valence-corrected chi connectivity index (χ2v) is 9.40. The average molecular weight is 511 g/mol. The zero-order valence-electron chi connectivity index (χ0n) is 16.4. The zero-order valence-corrected chi connectivity index (χ0v) is 17.2. The normalized spacial score (nSPS) is 15.1. The lowest BCUT2D eigenvalue weighted by molar-refractivity contribution is -0.137. The predicted molar refractivity (Wildman–Crippen MR) is 98.7 cm³/mol. The van der Waals surface area contributed by atoms with Gasteiger partial charge in [-0.05, 0) is 32.0 Å². The number of aromatic nitrogens is 3. The monoisotopic (exact) mass is 511 g/mol.